The lowest BCUT2D eigenvalue weighted by Crippen LogP contribution is -2.34. The van der Waals surface area contributed by atoms with Crippen molar-refractivity contribution >= 4 is 23.7 Å². The van der Waals surface area contributed by atoms with Crippen molar-refractivity contribution in [3.63, 3.8) is 0 Å². The lowest BCUT2D eigenvalue weighted by Gasteiger charge is -2.22. The molecule has 0 spiro atoms. The summed E-state index contributed by atoms with van der Waals surface area (Å²) in [5, 5.41) is 0. The summed E-state index contributed by atoms with van der Waals surface area (Å²) in [6, 6.07) is 17.0. The fraction of sp³-hybridized carbons (Fsp3) is 0.407. The number of ether oxygens (including phenoxy) is 4. The molecule has 0 unspecified atom stereocenters. The van der Waals surface area contributed by atoms with E-state index in [1.807, 2.05) is 26.0 Å². The minimum atomic E-state index is -0.726. The van der Waals surface area contributed by atoms with E-state index in [1.165, 1.54) is 0 Å². The molecule has 0 aromatic heterocycles. The highest BCUT2D eigenvalue weighted by molar-refractivity contribution is 6.05. The minimum absolute atomic E-state index is 0.295. The Bertz CT molecular complexity index is 1030. The van der Waals surface area contributed by atoms with Crippen LogP contribution in [0.4, 0.5) is 0 Å². The van der Waals surface area contributed by atoms with Crippen LogP contribution in [-0.4, -0.2) is 61.2 Å². The average molecular weight is 479 g/mol. The highest BCUT2D eigenvalue weighted by atomic mass is 16.6. The molecule has 2 aliphatic heterocycles. The van der Waals surface area contributed by atoms with Crippen molar-refractivity contribution in [2.45, 2.75) is 52.0 Å². The predicted octanol–water partition coefficient (Wildman–Crippen LogP) is 4.10. The highest BCUT2D eigenvalue weighted by Crippen LogP contribution is 2.30. The van der Waals surface area contributed by atoms with Gasteiger partial charge in [-0.2, -0.15) is 0 Å². The van der Waals surface area contributed by atoms with Crippen LogP contribution in [0.5, 0.6) is 0 Å². The van der Waals surface area contributed by atoms with E-state index in [4.69, 9.17) is 18.9 Å². The van der Waals surface area contributed by atoms with Crippen molar-refractivity contribution in [3.8, 4) is 0 Å². The topological polar surface area (TPSA) is 95.8 Å². The summed E-state index contributed by atoms with van der Waals surface area (Å²) >= 11 is 0. The number of hydrogen-bond acceptors (Lipinski definition) is 8. The first kappa shape index (κ1) is 24.4. The second kappa shape index (κ2) is 10.3. The molecule has 2 heterocycles. The Morgan fingerprint density at radius 2 is 1.14 bits per heavy atom. The number of rotatable bonds is 8. The Hall–Kier alpha value is -3.68. The Morgan fingerprint density at radius 3 is 1.51 bits per heavy atom. The summed E-state index contributed by atoms with van der Waals surface area (Å²) in [5.41, 5.74) is 0.254. The van der Waals surface area contributed by atoms with Gasteiger partial charge in [0.25, 0.3) is 0 Å². The Balaban J connectivity index is 1.38. The smallest absolute Gasteiger partial charge is 0.338 e. The average Bonchev–Trinajstić information content (AvgIpc) is 3.56. The molecule has 0 radical (unpaired) electrons. The van der Waals surface area contributed by atoms with Gasteiger partial charge in [0.15, 0.2) is 11.8 Å². The van der Waals surface area contributed by atoms with E-state index in [-0.39, 0.29) is 12.1 Å². The molecule has 8 heteroatoms. The summed E-state index contributed by atoms with van der Waals surface area (Å²) < 4.78 is 22.9. The molecule has 0 bridgehead atoms. The van der Waals surface area contributed by atoms with E-state index in [2.05, 4.69) is 9.98 Å². The number of nitrogens with zero attached hydrogens (tertiary/aromatic N) is 2. The van der Waals surface area contributed by atoms with E-state index >= 15 is 0 Å². The number of carbonyl (C=O) groups is 2. The van der Waals surface area contributed by atoms with Crippen LogP contribution in [-0.2, 0) is 18.9 Å². The molecule has 8 nitrogen and oxygen atoms in total. The van der Waals surface area contributed by atoms with Gasteiger partial charge in [0.2, 0.25) is 0 Å². The first-order chi connectivity index (χ1) is 16.8. The third-order valence-electron chi connectivity index (χ3n) is 6.11. The van der Waals surface area contributed by atoms with Gasteiger partial charge in [0.05, 0.1) is 11.1 Å². The molecule has 4 rings (SSSR count). The SMILES string of the molecule is C[C@H](OC(=O)c1ccccc1)[C@H]1COC(C(C)(C)C2=N[C@@H]([C@H](C)OC(=O)c3ccccc3)CO2)=N1. The second-order valence-corrected chi connectivity index (χ2v) is 9.20. The van der Waals surface area contributed by atoms with Crippen LogP contribution < -0.4 is 0 Å². The van der Waals surface area contributed by atoms with Gasteiger partial charge < -0.3 is 18.9 Å². The van der Waals surface area contributed by atoms with E-state index in [1.54, 1.807) is 62.4 Å². The van der Waals surface area contributed by atoms with Gasteiger partial charge in [-0.1, -0.05) is 36.4 Å². The molecule has 0 N–H and O–H groups in total. The quantitative estimate of drug-likeness (QED) is 0.530. The zero-order valence-electron chi connectivity index (χ0n) is 20.3. The Kier molecular flexibility index (Phi) is 7.19. The lowest BCUT2D eigenvalue weighted by molar-refractivity contribution is 0.0259. The maximum Gasteiger partial charge on any atom is 0.338 e. The van der Waals surface area contributed by atoms with Crippen molar-refractivity contribution in [1.29, 1.82) is 0 Å². The lowest BCUT2D eigenvalue weighted by atomic mass is 9.93. The van der Waals surface area contributed by atoms with Gasteiger partial charge in [-0.25, -0.2) is 19.6 Å². The fourth-order valence-corrected chi connectivity index (χ4v) is 3.81. The van der Waals surface area contributed by atoms with Crippen LogP contribution >= 0.6 is 0 Å². The fourth-order valence-electron chi connectivity index (χ4n) is 3.81. The zero-order valence-corrected chi connectivity index (χ0v) is 20.3. The Labute approximate surface area is 205 Å². The molecule has 0 saturated heterocycles. The standard InChI is InChI=1S/C27H30N2O6/c1-17(34-23(30)19-11-7-5-8-12-19)21-15-32-25(28-21)27(3,4)26-29-22(16-33-26)18(2)35-24(31)20-13-9-6-10-14-20/h5-14,17-18,21-22H,15-16H2,1-4H3/t17-,18-,21+,22+/m0/s1. The summed E-state index contributed by atoms with van der Waals surface area (Å²) in [5.74, 6) is 0.148. The van der Waals surface area contributed by atoms with Crippen molar-refractivity contribution < 1.29 is 28.5 Å². The van der Waals surface area contributed by atoms with Gasteiger partial charge in [0.1, 0.15) is 42.9 Å². The molecule has 184 valence electrons. The maximum atomic E-state index is 12.4. The molecular weight excluding hydrogens is 448 g/mol. The first-order valence-corrected chi connectivity index (χ1v) is 11.7. The summed E-state index contributed by atoms with van der Waals surface area (Å²) in [6.07, 6.45) is -0.930. The molecule has 35 heavy (non-hydrogen) atoms. The summed E-state index contributed by atoms with van der Waals surface area (Å²) in [6.45, 7) is 8.02. The van der Waals surface area contributed by atoms with Gasteiger partial charge in [-0.15, -0.1) is 0 Å². The van der Waals surface area contributed by atoms with Gasteiger partial charge in [-0.3, -0.25) is 0 Å². The molecule has 4 atom stereocenters. The van der Waals surface area contributed by atoms with Crippen LogP contribution in [0.15, 0.2) is 70.6 Å². The summed E-state index contributed by atoms with van der Waals surface area (Å²) in [4.78, 5) is 34.1. The van der Waals surface area contributed by atoms with E-state index < -0.39 is 29.6 Å². The van der Waals surface area contributed by atoms with Crippen LogP contribution in [0, 0.1) is 5.41 Å². The van der Waals surface area contributed by atoms with Crippen LogP contribution in [0.2, 0.25) is 0 Å². The van der Waals surface area contributed by atoms with Crippen LogP contribution in [0.1, 0.15) is 48.4 Å². The van der Waals surface area contributed by atoms with Gasteiger partial charge >= 0.3 is 11.9 Å². The predicted molar refractivity (Wildman–Crippen MR) is 131 cm³/mol. The highest BCUT2D eigenvalue weighted by Gasteiger charge is 2.43. The zero-order chi connectivity index (χ0) is 25.0. The Morgan fingerprint density at radius 1 is 0.771 bits per heavy atom. The van der Waals surface area contributed by atoms with Crippen molar-refractivity contribution in [3.05, 3.63) is 71.8 Å². The van der Waals surface area contributed by atoms with E-state index in [0.29, 0.717) is 36.1 Å². The third kappa shape index (κ3) is 5.53. The van der Waals surface area contributed by atoms with Crippen molar-refractivity contribution in [2.24, 2.45) is 15.4 Å². The van der Waals surface area contributed by atoms with E-state index in [9.17, 15) is 9.59 Å². The normalized spacial score (nSPS) is 21.1. The number of carbonyl (C=O) groups excluding carboxylic acids is 2. The van der Waals surface area contributed by atoms with Crippen LogP contribution in [0.3, 0.4) is 0 Å². The maximum absolute atomic E-state index is 12.4. The van der Waals surface area contributed by atoms with E-state index in [0.717, 1.165) is 0 Å². The number of esters is 2. The molecule has 2 aromatic rings. The second-order valence-electron chi connectivity index (χ2n) is 9.20. The summed E-state index contributed by atoms with van der Waals surface area (Å²) in [7, 11) is 0. The number of aliphatic imine (C=N–C) groups is 2. The third-order valence-corrected chi connectivity index (χ3v) is 6.11. The largest absolute Gasteiger partial charge is 0.478 e. The molecule has 0 aliphatic carbocycles. The van der Waals surface area contributed by atoms with Crippen molar-refractivity contribution in [2.75, 3.05) is 13.2 Å². The van der Waals surface area contributed by atoms with Gasteiger partial charge in [-0.05, 0) is 52.0 Å². The molecule has 0 saturated carbocycles. The molecule has 0 amide bonds. The minimum Gasteiger partial charge on any atom is -0.478 e. The number of benzene rings is 2. The molecule has 2 aromatic carbocycles. The molecule has 0 fully saturated rings. The molecule has 2 aliphatic rings. The molecular formula is C27H30N2O6. The van der Waals surface area contributed by atoms with Crippen molar-refractivity contribution in [1.82, 2.24) is 0 Å². The number of hydrogen-bond donors (Lipinski definition) is 0. The first-order valence-electron chi connectivity index (χ1n) is 11.7. The van der Waals surface area contributed by atoms with Gasteiger partial charge in [0, 0.05) is 0 Å². The monoisotopic (exact) mass is 478 g/mol. The van der Waals surface area contributed by atoms with Crippen LogP contribution in [0.25, 0.3) is 0 Å².